The van der Waals surface area contributed by atoms with Crippen LogP contribution in [0.1, 0.15) is 25.7 Å². The van der Waals surface area contributed by atoms with Gasteiger partial charge in [0.25, 0.3) is 0 Å². The smallest absolute Gasteiger partial charge is 0.299 e. The molecule has 1 rings (SSSR count). The molecule has 0 amide bonds. The third-order valence-electron chi connectivity index (χ3n) is 1.94. The summed E-state index contributed by atoms with van der Waals surface area (Å²) in [7, 11) is 0. The standard InChI is InChI=1S/C7H9F3O/c8-7(9,10)4-6(11)5-2-1-3-5/h5H,1-4H2. The van der Waals surface area contributed by atoms with Crippen LogP contribution in [0.25, 0.3) is 0 Å². The van der Waals surface area contributed by atoms with Crippen LogP contribution >= 0.6 is 0 Å². The lowest BCUT2D eigenvalue weighted by Gasteiger charge is -2.24. The van der Waals surface area contributed by atoms with Crippen LogP contribution in [0.2, 0.25) is 0 Å². The highest BCUT2D eigenvalue weighted by Gasteiger charge is 2.36. The van der Waals surface area contributed by atoms with E-state index in [2.05, 4.69) is 0 Å². The second kappa shape index (κ2) is 2.83. The molecule has 0 spiro atoms. The predicted octanol–water partition coefficient (Wildman–Crippen LogP) is 2.31. The molecular weight excluding hydrogens is 157 g/mol. The lowest BCUT2D eigenvalue weighted by Crippen LogP contribution is -2.26. The van der Waals surface area contributed by atoms with E-state index in [1.165, 1.54) is 0 Å². The van der Waals surface area contributed by atoms with Crippen molar-refractivity contribution >= 4 is 5.78 Å². The monoisotopic (exact) mass is 166 g/mol. The first kappa shape index (κ1) is 8.56. The first-order chi connectivity index (χ1) is 4.99. The Morgan fingerprint density at radius 3 is 2.18 bits per heavy atom. The van der Waals surface area contributed by atoms with Gasteiger partial charge in [-0.25, -0.2) is 0 Å². The SMILES string of the molecule is O=C(CC(F)(F)F)C1CCC1. The summed E-state index contributed by atoms with van der Waals surface area (Å²) in [5.74, 6) is -0.930. The Bertz CT molecular complexity index is 158. The summed E-state index contributed by atoms with van der Waals surface area (Å²) in [5.41, 5.74) is 0. The number of Topliss-reactive ketones (excluding diaryl/α,β-unsaturated/α-hetero) is 1. The Labute approximate surface area is 62.6 Å². The summed E-state index contributed by atoms with van der Waals surface area (Å²) < 4.78 is 34.8. The molecule has 1 fully saturated rings. The maximum absolute atomic E-state index is 11.6. The van der Waals surface area contributed by atoms with E-state index in [0.29, 0.717) is 12.8 Å². The summed E-state index contributed by atoms with van der Waals surface area (Å²) in [4.78, 5) is 10.7. The second-order valence-electron chi connectivity index (χ2n) is 2.89. The zero-order chi connectivity index (χ0) is 8.48. The van der Waals surface area contributed by atoms with E-state index in [1.807, 2.05) is 0 Å². The van der Waals surface area contributed by atoms with E-state index in [4.69, 9.17) is 0 Å². The molecule has 0 unspecified atom stereocenters. The molecule has 4 heteroatoms. The van der Waals surface area contributed by atoms with Gasteiger partial charge in [-0.2, -0.15) is 13.2 Å². The largest absolute Gasteiger partial charge is 0.395 e. The molecule has 0 aliphatic heterocycles. The highest BCUT2D eigenvalue weighted by molar-refractivity contribution is 5.82. The van der Waals surface area contributed by atoms with Gasteiger partial charge in [-0.1, -0.05) is 6.42 Å². The van der Waals surface area contributed by atoms with Crippen molar-refractivity contribution in [3.63, 3.8) is 0 Å². The van der Waals surface area contributed by atoms with Crippen molar-refractivity contribution in [2.75, 3.05) is 0 Å². The van der Waals surface area contributed by atoms with Gasteiger partial charge in [-0.05, 0) is 12.8 Å². The highest BCUT2D eigenvalue weighted by atomic mass is 19.4. The van der Waals surface area contributed by atoms with E-state index >= 15 is 0 Å². The zero-order valence-electron chi connectivity index (χ0n) is 5.95. The molecule has 0 aromatic heterocycles. The first-order valence-electron chi connectivity index (χ1n) is 3.58. The topological polar surface area (TPSA) is 17.1 Å². The molecule has 0 saturated heterocycles. The van der Waals surface area contributed by atoms with Gasteiger partial charge in [0.1, 0.15) is 12.2 Å². The molecular formula is C7H9F3O. The van der Waals surface area contributed by atoms with Crippen molar-refractivity contribution in [3.8, 4) is 0 Å². The van der Waals surface area contributed by atoms with Crippen LogP contribution in [0.5, 0.6) is 0 Å². The van der Waals surface area contributed by atoms with Gasteiger partial charge in [0.2, 0.25) is 0 Å². The number of hydrogen-bond acceptors (Lipinski definition) is 1. The Morgan fingerprint density at radius 2 is 1.91 bits per heavy atom. The van der Waals surface area contributed by atoms with E-state index in [0.717, 1.165) is 6.42 Å². The average Bonchev–Trinajstić information content (AvgIpc) is 1.50. The Kier molecular flexibility index (Phi) is 2.20. The van der Waals surface area contributed by atoms with Gasteiger partial charge in [-0.15, -0.1) is 0 Å². The van der Waals surface area contributed by atoms with E-state index in [9.17, 15) is 18.0 Å². The number of halogens is 3. The summed E-state index contributed by atoms with van der Waals surface area (Å²) in [6, 6.07) is 0. The third-order valence-corrected chi connectivity index (χ3v) is 1.94. The molecule has 0 atom stereocenters. The fourth-order valence-electron chi connectivity index (χ4n) is 1.07. The van der Waals surface area contributed by atoms with Gasteiger partial charge < -0.3 is 0 Å². The molecule has 0 heterocycles. The molecule has 11 heavy (non-hydrogen) atoms. The molecule has 1 saturated carbocycles. The minimum Gasteiger partial charge on any atom is -0.299 e. The van der Waals surface area contributed by atoms with Crippen molar-refractivity contribution < 1.29 is 18.0 Å². The van der Waals surface area contributed by atoms with Gasteiger partial charge in [0, 0.05) is 5.92 Å². The molecule has 0 aromatic carbocycles. The van der Waals surface area contributed by atoms with E-state index in [1.54, 1.807) is 0 Å². The van der Waals surface area contributed by atoms with Crippen LogP contribution in [-0.4, -0.2) is 12.0 Å². The van der Waals surface area contributed by atoms with Gasteiger partial charge >= 0.3 is 6.18 Å². The fourth-order valence-corrected chi connectivity index (χ4v) is 1.07. The number of hydrogen-bond donors (Lipinski definition) is 0. The number of alkyl halides is 3. The Hall–Kier alpha value is -0.540. The fraction of sp³-hybridized carbons (Fsp3) is 0.857. The molecule has 64 valence electrons. The van der Waals surface area contributed by atoms with E-state index < -0.39 is 18.4 Å². The molecule has 1 nitrogen and oxygen atoms in total. The minimum absolute atomic E-state index is 0.295. The van der Waals surface area contributed by atoms with Gasteiger partial charge in [-0.3, -0.25) is 4.79 Å². The lowest BCUT2D eigenvalue weighted by molar-refractivity contribution is -0.156. The molecule has 0 aromatic rings. The van der Waals surface area contributed by atoms with Crippen molar-refractivity contribution in [1.29, 1.82) is 0 Å². The van der Waals surface area contributed by atoms with Crippen LogP contribution in [0, 0.1) is 5.92 Å². The van der Waals surface area contributed by atoms with Crippen LogP contribution in [0.3, 0.4) is 0 Å². The van der Waals surface area contributed by atoms with Crippen LogP contribution in [0.15, 0.2) is 0 Å². The quantitative estimate of drug-likeness (QED) is 0.615. The van der Waals surface area contributed by atoms with Crippen LogP contribution in [-0.2, 0) is 4.79 Å². The van der Waals surface area contributed by atoms with Crippen LogP contribution < -0.4 is 0 Å². The number of ketones is 1. The van der Waals surface area contributed by atoms with Crippen molar-refractivity contribution in [2.45, 2.75) is 31.9 Å². The first-order valence-corrected chi connectivity index (χ1v) is 3.58. The lowest BCUT2D eigenvalue weighted by atomic mass is 9.81. The molecule has 1 aliphatic rings. The molecule has 0 bridgehead atoms. The zero-order valence-corrected chi connectivity index (χ0v) is 5.95. The molecule has 1 aliphatic carbocycles. The third kappa shape index (κ3) is 2.52. The minimum atomic E-state index is -4.31. The summed E-state index contributed by atoms with van der Waals surface area (Å²) in [5, 5.41) is 0. The summed E-state index contributed by atoms with van der Waals surface area (Å²) in [6.45, 7) is 0. The number of carbonyl (C=O) groups excluding carboxylic acids is 1. The van der Waals surface area contributed by atoms with Crippen LogP contribution in [0.4, 0.5) is 13.2 Å². The number of carbonyl (C=O) groups is 1. The molecule has 0 radical (unpaired) electrons. The average molecular weight is 166 g/mol. The summed E-state index contributed by atoms with van der Waals surface area (Å²) >= 11 is 0. The predicted molar refractivity (Wildman–Crippen MR) is 33.0 cm³/mol. The Balaban J connectivity index is 2.31. The maximum atomic E-state index is 11.6. The van der Waals surface area contributed by atoms with Gasteiger partial charge in [0.05, 0.1) is 0 Å². The van der Waals surface area contributed by atoms with Crippen molar-refractivity contribution in [3.05, 3.63) is 0 Å². The van der Waals surface area contributed by atoms with Gasteiger partial charge in [0.15, 0.2) is 0 Å². The molecule has 0 N–H and O–H groups in total. The summed E-state index contributed by atoms with van der Waals surface area (Å²) in [6.07, 6.45) is -3.36. The maximum Gasteiger partial charge on any atom is 0.395 e. The van der Waals surface area contributed by atoms with E-state index in [-0.39, 0.29) is 5.92 Å². The van der Waals surface area contributed by atoms with Crippen molar-refractivity contribution in [1.82, 2.24) is 0 Å². The van der Waals surface area contributed by atoms with Crippen molar-refractivity contribution in [2.24, 2.45) is 5.92 Å². The normalized spacial score (nSPS) is 19.5. The highest BCUT2D eigenvalue weighted by Crippen LogP contribution is 2.31. The number of rotatable bonds is 2. The second-order valence-corrected chi connectivity index (χ2v) is 2.89. The Morgan fingerprint density at radius 1 is 1.36 bits per heavy atom.